The minimum absolute atomic E-state index is 0.125. The highest BCUT2D eigenvalue weighted by molar-refractivity contribution is 5.55. The van der Waals surface area contributed by atoms with Gasteiger partial charge < -0.3 is 5.11 Å². The van der Waals surface area contributed by atoms with E-state index in [4.69, 9.17) is 5.11 Å². The van der Waals surface area contributed by atoms with Gasteiger partial charge in [0.1, 0.15) is 5.76 Å². The van der Waals surface area contributed by atoms with Crippen LogP contribution >= 0.6 is 0 Å². The quantitative estimate of drug-likeness (QED) is 0.629. The maximum atomic E-state index is 8.92. The molecule has 0 saturated carbocycles. The summed E-state index contributed by atoms with van der Waals surface area (Å²) >= 11 is 0. The Morgan fingerprint density at radius 3 is 1.92 bits per heavy atom. The summed E-state index contributed by atoms with van der Waals surface area (Å²) in [5.41, 5.74) is 1.97. The van der Waals surface area contributed by atoms with Crippen molar-refractivity contribution in [3.05, 3.63) is 42.0 Å². The Morgan fingerprint density at radius 1 is 1.17 bits per heavy atom. The normalized spacial score (nSPS) is 8.25. The van der Waals surface area contributed by atoms with Gasteiger partial charge in [-0.25, -0.2) is 0 Å². The van der Waals surface area contributed by atoms with Crippen molar-refractivity contribution < 1.29 is 5.11 Å². The Kier molecular flexibility index (Phi) is 4.86. The van der Waals surface area contributed by atoms with E-state index in [1.54, 1.807) is 0 Å². The standard InChI is InChI=1S/C9H10O.C2H6/c1-7-3-5-9(6-4-7)8(2)10;1-2/h3-6,10H,2H2,1H3;1-2H3. The summed E-state index contributed by atoms with van der Waals surface area (Å²) in [6.07, 6.45) is 0. The van der Waals surface area contributed by atoms with Crippen LogP contribution in [0, 0.1) is 6.92 Å². The predicted molar refractivity (Wildman–Crippen MR) is 54.2 cm³/mol. The SMILES string of the molecule is C=C(O)c1ccc(C)cc1.CC. The number of hydrogen-bond donors (Lipinski definition) is 1. The van der Waals surface area contributed by atoms with Gasteiger partial charge in [-0.15, -0.1) is 0 Å². The smallest absolute Gasteiger partial charge is 0.115 e. The van der Waals surface area contributed by atoms with Gasteiger partial charge in [0.2, 0.25) is 0 Å². The highest BCUT2D eigenvalue weighted by Gasteiger charge is 1.92. The molecule has 0 radical (unpaired) electrons. The van der Waals surface area contributed by atoms with Crippen molar-refractivity contribution in [3.63, 3.8) is 0 Å². The van der Waals surface area contributed by atoms with E-state index in [0.29, 0.717) is 0 Å². The van der Waals surface area contributed by atoms with Crippen LogP contribution < -0.4 is 0 Å². The molecule has 1 nitrogen and oxygen atoms in total. The maximum absolute atomic E-state index is 8.92. The minimum Gasteiger partial charge on any atom is -0.508 e. The first-order chi connectivity index (χ1) is 5.70. The number of benzene rings is 1. The van der Waals surface area contributed by atoms with E-state index in [1.807, 2.05) is 45.0 Å². The fourth-order valence-electron chi connectivity index (χ4n) is 0.746. The second kappa shape index (κ2) is 5.42. The Bertz CT molecular complexity index is 234. The van der Waals surface area contributed by atoms with E-state index < -0.39 is 0 Å². The first-order valence-corrected chi connectivity index (χ1v) is 4.15. The molecule has 12 heavy (non-hydrogen) atoms. The van der Waals surface area contributed by atoms with Crippen molar-refractivity contribution in [1.29, 1.82) is 0 Å². The lowest BCUT2D eigenvalue weighted by atomic mass is 10.1. The lowest BCUT2D eigenvalue weighted by Gasteiger charge is -1.96. The van der Waals surface area contributed by atoms with Crippen molar-refractivity contribution in [2.75, 3.05) is 0 Å². The summed E-state index contributed by atoms with van der Waals surface area (Å²) in [7, 11) is 0. The fraction of sp³-hybridized carbons (Fsp3) is 0.273. The number of aliphatic hydroxyl groups excluding tert-OH is 1. The van der Waals surface area contributed by atoms with E-state index in [2.05, 4.69) is 6.58 Å². The molecule has 0 aliphatic rings. The van der Waals surface area contributed by atoms with Crippen LogP contribution in [-0.2, 0) is 0 Å². The van der Waals surface area contributed by atoms with Crippen molar-refractivity contribution in [2.45, 2.75) is 20.8 Å². The van der Waals surface area contributed by atoms with Crippen LogP contribution in [0.2, 0.25) is 0 Å². The molecule has 0 aromatic heterocycles. The second-order valence-corrected chi connectivity index (χ2v) is 2.31. The largest absolute Gasteiger partial charge is 0.508 e. The third-order valence-corrected chi connectivity index (χ3v) is 1.38. The van der Waals surface area contributed by atoms with E-state index in [0.717, 1.165) is 5.56 Å². The molecule has 0 atom stereocenters. The third kappa shape index (κ3) is 3.24. The first-order valence-electron chi connectivity index (χ1n) is 4.15. The molecule has 0 bridgehead atoms. The topological polar surface area (TPSA) is 20.2 Å². The molecule has 1 aromatic rings. The number of aryl methyl sites for hydroxylation is 1. The Labute approximate surface area is 74.4 Å². The molecule has 1 N–H and O–H groups in total. The summed E-state index contributed by atoms with van der Waals surface area (Å²) in [6.45, 7) is 9.41. The average Bonchev–Trinajstić information content (AvgIpc) is 2.09. The molecule has 0 fully saturated rings. The van der Waals surface area contributed by atoms with Gasteiger partial charge in [0.05, 0.1) is 0 Å². The molecule has 0 spiro atoms. The van der Waals surface area contributed by atoms with E-state index >= 15 is 0 Å². The zero-order valence-corrected chi connectivity index (χ0v) is 7.96. The van der Waals surface area contributed by atoms with E-state index in [9.17, 15) is 0 Å². The average molecular weight is 164 g/mol. The van der Waals surface area contributed by atoms with Crippen LogP contribution in [-0.4, -0.2) is 5.11 Å². The molecule has 0 heterocycles. The van der Waals surface area contributed by atoms with E-state index in [1.165, 1.54) is 5.56 Å². The molecule has 1 rings (SSSR count). The summed E-state index contributed by atoms with van der Waals surface area (Å²) < 4.78 is 0. The summed E-state index contributed by atoms with van der Waals surface area (Å²) in [5, 5.41) is 8.92. The van der Waals surface area contributed by atoms with Crippen molar-refractivity contribution in [1.82, 2.24) is 0 Å². The van der Waals surface area contributed by atoms with Crippen molar-refractivity contribution in [2.24, 2.45) is 0 Å². The monoisotopic (exact) mass is 164 g/mol. The summed E-state index contributed by atoms with van der Waals surface area (Å²) in [5.74, 6) is 0.125. The van der Waals surface area contributed by atoms with Crippen LogP contribution in [0.25, 0.3) is 5.76 Å². The zero-order valence-electron chi connectivity index (χ0n) is 7.96. The van der Waals surface area contributed by atoms with Gasteiger partial charge >= 0.3 is 0 Å². The summed E-state index contributed by atoms with van der Waals surface area (Å²) in [4.78, 5) is 0. The third-order valence-electron chi connectivity index (χ3n) is 1.38. The Morgan fingerprint density at radius 2 is 1.58 bits per heavy atom. The second-order valence-electron chi connectivity index (χ2n) is 2.31. The number of aliphatic hydroxyl groups is 1. The molecule has 0 aliphatic carbocycles. The van der Waals surface area contributed by atoms with Gasteiger partial charge in [-0.3, -0.25) is 0 Å². The molecule has 0 aliphatic heterocycles. The van der Waals surface area contributed by atoms with Gasteiger partial charge in [0.25, 0.3) is 0 Å². The minimum atomic E-state index is 0.125. The lowest BCUT2D eigenvalue weighted by molar-refractivity contribution is 0.514. The van der Waals surface area contributed by atoms with Gasteiger partial charge in [-0.05, 0) is 6.92 Å². The van der Waals surface area contributed by atoms with Crippen LogP contribution in [0.4, 0.5) is 0 Å². The molecule has 1 aromatic carbocycles. The molecule has 1 heteroatoms. The van der Waals surface area contributed by atoms with Gasteiger partial charge in [0.15, 0.2) is 0 Å². The summed E-state index contributed by atoms with van der Waals surface area (Å²) in [6, 6.07) is 7.57. The highest BCUT2D eigenvalue weighted by Crippen LogP contribution is 2.09. The van der Waals surface area contributed by atoms with Crippen LogP contribution in [0.15, 0.2) is 30.8 Å². The van der Waals surface area contributed by atoms with Crippen molar-refractivity contribution in [3.8, 4) is 0 Å². The first kappa shape index (κ1) is 10.8. The van der Waals surface area contributed by atoms with Gasteiger partial charge in [-0.1, -0.05) is 50.3 Å². The molecular formula is C11H16O. The zero-order chi connectivity index (χ0) is 9.56. The van der Waals surface area contributed by atoms with E-state index in [-0.39, 0.29) is 5.76 Å². The highest BCUT2D eigenvalue weighted by atomic mass is 16.3. The predicted octanol–water partition coefficient (Wildman–Crippen LogP) is 3.55. The molecule has 0 saturated heterocycles. The maximum Gasteiger partial charge on any atom is 0.115 e. The molecule has 0 unspecified atom stereocenters. The van der Waals surface area contributed by atoms with Gasteiger partial charge in [-0.2, -0.15) is 0 Å². The number of rotatable bonds is 1. The van der Waals surface area contributed by atoms with Crippen molar-refractivity contribution >= 4 is 5.76 Å². The van der Waals surface area contributed by atoms with Crippen LogP contribution in [0.3, 0.4) is 0 Å². The van der Waals surface area contributed by atoms with Crippen LogP contribution in [0.5, 0.6) is 0 Å². The molecular weight excluding hydrogens is 148 g/mol. The number of hydrogen-bond acceptors (Lipinski definition) is 1. The molecule has 0 amide bonds. The fourth-order valence-corrected chi connectivity index (χ4v) is 0.746. The Hall–Kier alpha value is -1.24. The lowest BCUT2D eigenvalue weighted by Crippen LogP contribution is -1.79. The Balaban J connectivity index is 0.000000561. The van der Waals surface area contributed by atoms with Crippen LogP contribution in [0.1, 0.15) is 25.0 Å². The van der Waals surface area contributed by atoms with Gasteiger partial charge in [0, 0.05) is 5.56 Å². The molecule has 66 valence electrons.